The van der Waals surface area contributed by atoms with Gasteiger partial charge in [-0.15, -0.1) is 0 Å². The highest BCUT2D eigenvalue weighted by molar-refractivity contribution is 5.91. The normalized spacial score (nSPS) is 12.3. The van der Waals surface area contributed by atoms with Crippen LogP contribution in [-0.4, -0.2) is 25.3 Å². The molecule has 1 aromatic carbocycles. The van der Waals surface area contributed by atoms with Crippen LogP contribution in [0, 0.1) is 6.92 Å². The van der Waals surface area contributed by atoms with Crippen molar-refractivity contribution in [2.75, 3.05) is 0 Å². The number of carbonyl (C=O) groups excluding carboxylic acids is 1. The van der Waals surface area contributed by atoms with Gasteiger partial charge in [-0.25, -0.2) is 9.97 Å². The van der Waals surface area contributed by atoms with Gasteiger partial charge < -0.3 is 14.7 Å². The molecule has 3 aromatic heterocycles. The van der Waals surface area contributed by atoms with Crippen molar-refractivity contribution in [1.29, 1.82) is 0 Å². The van der Waals surface area contributed by atoms with Gasteiger partial charge in [0.25, 0.3) is 5.89 Å². The standard InChI is InChI=1S/C25H29N5O2/c1-3-30-16-22(19-11-12-21-18(15-19)10-9-17(2)28-21)29-24(30)20(26)7-5-4-6-8-23(31)25-27-13-14-32-25/h9-16,20H,3-8,26H2,1-2H3/t20-/m0/s1. The lowest BCUT2D eigenvalue weighted by Gasteiger charge is -2.12. The second-order valence-corrected chi connectivity index (χ2v) is 8.10. The van der Waals surface area contributed by atoms with E-state index in [0.717, 1.165) is 65.9 Å². The topological polar surface area (TPSA) is 99.8 Å². The van der Waals surface area contributed by atoms with Gasteiger partial charge in [0, 0.05) is 35.8 Å². The van der Waals surface area contributed by atoms with Crippen LogP contribution in [0.15, 0.2) is 53.4 Å². The first kappa shape index (κ1) is 21.9. The number of oxazole rings is 1. The van der Waals surface area contributed by atoms with E-state index in [2.05, 4.69) is 45.9 Å². The van der Waals surface area contributed by atoms with Crippen LogP contribution in [0.2, 0.25) is 0 Å². The van der Waals surface area contributed by atoms with E-state index in [-0.39, 0.29) is 17.7 Å². The van der Waals surface area contributed by atoms with E-state index < -0.39 is 0 Å². The molecule has 0 saturated carbocycles. The predicted octanol–water partition coefficient (Wildman–Crippen LogP) is 5.25. The summed E-state index contributed by atoms with van der Waals surface area (Å²) in [6.07, 6.45) is 8.92. The van der Waals surface area contributed by atoms with Crippen LogP contribution in [0.1, 0.15) is 67.3 Å². The van der Waals surface area contributed by atoms with E-state index in [0.29, 0.717) is 6.42 Å². The highest BCUT2D eigenvalue weighted by Crippen LogP contribution is 2.26. The second-order valence-electron chi connectivity index (χ2n) is 8.10. The summed E-state index contributed by atoms with van der Waals surface area (Å²) in [4.78, 5) is 25.3. The Labute approximate surface area is 187 Å². The molecule has 7 nitrogen and oxygen atoms in total. The molecule has 0 fully saturated rings. The Balaban J connectivity index is 1.37. The third-order valence-electron chi connectivity index (χ3n) is 5.69. The number of rotatable bonds is 10. The SMILES string of the molecule is CCn1cc(-c2ccc3nc(C)ccc3c2)nc1[C@@H](N)CCCCCC(=O)c1ncco1. The molecule has 4 rings (SSSR count). The molecule has 2 N–H and O–H groups in total. The average molecular weight is 432 g/mol. The van der Waals surface area contributed by atoms with E-state index in [1.54, 1.807) is 0 Å². The highest BCUT2D eigenvalue weighted by Gasteiger charge is 2.16. The molecule has 0 saturated heterocycles. The van der Waals surface area contributed by atoms with Gasteiger partial charge in [0.2, 0.25) is 5.78 Å². The number of aryl methyl sites for hydroxylation is 2. The Hall–Kier alpha value is -3.32. The maximum Gasteiger partial charge on any atom is 0.263 e. The Morgan fingerprint density at radius 2 is 2.03 bits per heavy atom. The summed E-state index contributed by atoms with van der Waals surface area (Å²) >= 11 is 0. The summed E-state index contributed by atoms with van der Waals surface area (Å²) in [6.45, 7) is 4.91. The van der Waals surface area contributed by atoms with E-state index in [9.17, 15) is 4.79 Å². The number of imidazole rings is 1. The van der Waals surface area contributed by atoms with Gasteiger partial charge in [-0.3, -0.25) is 9.78 Å². The van der Waals surface area contributed by atoms with Gasteiger partial charge in [0.05, 0.1) is 23.4 Å². The number of Topliss-reactive ketones (excluding diaryl/α,β-unsaturated/α-hetero) is 1. The van der Waals surface area contributed by atoms with E-state index in [1.165, 1.54) is 12.5 Å². The van der Waals surface area contributed by atoms with Crippen molar-refractivity contribution in [3.05, 3.63) is 66.4 Å². The Morgan fingerprint density at radius 3 is 2.81 bits per heavy atom. The lowest BCUT2D eigenvalue weighted by molar-refractivity contribution is 0.0945. The molecule has 0 spiro atoms. The molecule has 0 bridgehead atoms. The van der Waals surface area contributed by atoms with Crippen molar-refractivity contribution in [1.82, 2.24) is 19.5 Å². The summed E-state index contributed by atoms with van der Waals surface area (Å²) in [5.41, 5.74) is 10.5. The van der Waals surface area contributed by atoms with Crippen LogP contribution in [0.3, 0.4) is 0 Å². The molecule has 0 radical (unpaired) electrons. The molecular weight excluding hydrogens is 402 g/mol. The van der Waals surface area contributed by atoms with Crippen LogP contribution in [-0.2, 0) is 6.54 Å². The molecule has 0 aliphatic rings. The molecule has 32 heavy (non-hydrogen) atoms. The maximum absolute atomic E-state index is 11.9. The zero-order valence-electron chi connectivity index (χ0n) is 18.6. The Morgan fingerprint density at radius 1 is 1.16 bits per heavy atom. The zero-order valence-corrected chi connectivity index (χ0v) is 18.6. The van der Waals surface area contributed by atoms with Crippen molar-refractivity contribution < 1.29 is 9.21 Å². The number of fused-ring (bicyclic) bond motifs is 1. The van der Waals surface area contributed by atoms with E-state index >= 15 is 0 Å². The summed E-state index contributed by atoms with van der Waals surface area (Å²) in [5, 5.41) is 1.10. The Kier molecular flexibility index (Phi) is 6.75. The van der Waals surface area contributed by atoms with Crippen molar-refractivity contribution in [2.45, 2.75) is 58.5 Å². The van der Waals surface area contributed by atoms with Crippen molar-refractivity contribution in [2.24, 2.45) is 5.73 Å². The van der Waals surface area contributed by atoms with Crippen LogP contribution >= 0.6 is 0 Å². The molecule has 4 aromatic rings. The molecule has 0 aliphatic heterocycles. The van der Waals surface area contributed by atoms with Gasteiger partial charge in [-0.2, -0.15) is 0 Å². The third-order valence-corrected chi connectivity index (χ3v) is 5.69. The Bertz CT molecular complexity index is 1200. The fraction of sp³-hybridized carbons (Fsp3) is 0.360. The summed E-state index contributed by atoms with van der Waals surface area (Å²) < 4.78 is 7.18. The lowest BCUT2D eigenvalue weighted by atomic mass is 10.1. The molecule has 0 amide bonds. The number of hydrogen-bond donors (Lipinski definition) is 1. The first-order valence-corrected chi connectivity index (χ1v) is 11.2. The fourth-order valence-electron chi connectivity index (χ4n) is 3.93. The highest BCUT2D eigenvalue weighted by atomic mass is 16.3. The van der Waals surface area contributed by atoms with Crippen molar-refractivity contribution >= 4 is 16.7 Å². The molecule has 7 heteroatoms. The first-order chi connectivity index (χ1) is 15.5. The molecule has 166 valence electrons. The van der Waals surface area contributed by atoms with Crippen molar-refractivity contribution in [3.8, 4) is 11.3 Å². The molecule has 0 aliphatic carbocycles. The zero-order chi connectivity index (χ0) is 22.5. The fourth-order valence-corrected chi connectivity index (χ4v) is 3.93. The van der Waals surface area contributed by atoms with Crippen LogP contribution in [0.4, 0.5) is 0 Å². The predicted molar refractivity (Wildman–Crippen MR) is 124 cm³/mol. The molecular formula is C25H29N5O2. The van der Waals surface area contributed by atoms with Gasteiger partial charge in [-0.05, 0) is 44.9 Å². The minimum absolute atomic E-state index is 0.0498. The number of nitrogens with two attached hydrogens (primary N) is 1. The van der Waals surface area contributed by atoms with Gasteiger partial charge in [-0.1, -0.05) is 25.0 Å². The maximum atomic E-state index is 11.9. The number of ketones is 1. The minimum Gasteiger partial charge on any atom is -0.442 e. The van der Waals surface area contributed by atoms with Gasteiger partial charge in [0.1, 0.15) is 12.1 Å². The van der Waals surface area contributed by atoms with Crippen molar-refractivity contribution in [3.63, 3.8) is 0 Å². The monoisotopic (exact) mass is 431 g/mol. The number of benzene rings is 1. The minimum atomic E-state index is -0.143. The number of aromatic nitrogens is 4. The second kappa shape index (κ2) is 9.87. The molecule has 0 unspecified atom stereocenters. The van der Waals surface area contributed by atoms with E-state index in [1.807, 2.05) is 19.1 Å². The summed E-state index contributed by atoms with van der Waals surface area (Å²) in [5.74, 6) is 1.05. The first-order valence-electron chi connectivity index (χ1n) is 11.2. The molecule has 3 heterocycles. The summed E-state index contributed by atoms with van der Waals surface area (Å²) in [7, 11) is 0. The number of carbonyl (C=O) groups is 1. The average Bonchev–Trinajstić information content (AvgIpc) is 3.48. The van der Waals surface area contributed by atoms with Gasteiger partial charge in [0.15, 0.2) is 0 Å². The van der Waals surface area contributed by atoms with Crippen LogP contribution < -0.4 is 5.73 Å². The number of hydrogen-bond acceptors (Lipinski definition) is 6. The van der Waals surface area contributed by atoms with Crippen LogP contribution in [0.25, 0.3) is 22.2 Å². The largest absolute Gasteiger partial charge is 0.442 e. The van der Waals surface area contributed by atoms with Gasteiger partial charge >= 0.3 is 0 Å². The quantitative estimate of drug-likeness (QED) is 0.272. The smallest absolute Gasteiger partial charge is 0.263 e. The number of nitrogens with zero attached hydrogens (tertiary/aromatic N) is 4. The van der Waals surface area contributed by atoms with E-state index in [4.69, 9.17) is 15.1 Å². The molecule has 1 atom stereocenters. The number of unbranched alkanes of at least 4 members (excludes halogenated alkanes) is 2. The third kappa shape index (κ3) is 4.94. The number of pyridine rings is 1. The summed E-state index contributed by atoms with van der Waals surface area (Å²) in [6, 6.07) is 10.2. The van der Waals surface area contributed by atoms with Crippen LogP contribution in [0.5, 0.6) is 0 Å². The lowest BCUT2D eigenvalue weighted by Crippen LogP contribution is -2.16.